The Morgan fingerprint density at radius 1 is 1.22 bits per heavy atom. The molecule has 0 bridgehead atoms. The largest absolute Gasteiger partial charge is 0.388 e. The minimum atomic E-state index is -3.23. The Labute approximate surface area is 102 Å². The van der Waals surface area contributed by atoms with E-state index in [0.717, 1.165) is 6.07 Å². The van der Waals surface area contributed by atoms with E-state index in [1.54, 1.807) is 0 Å². The van der Waals surface area contributed by atoms with Gasteiger partial charge in [0.1, 0.15) is 0 Å². The Hall–Kier alpha value is -1.08. The number of halogens is 3. The van der Waals surface area contributed by atoms with Gasteiger partial charge in [0.2, 0.25) is 0 Å². The normalized spacial score (nSPS) is 24.1. The van der Waals surface area contributed by atoms with Crippen molar-refractivity contribution in [2.75, 3.05) is 11.5 Å². The average molecular weight is 280 g/mol. The van der Waals surface area contributed by atoms with Crippen LogP contribution in [0.25, 0.3) is 0 Å². The number of hydrogen-bond acceptors (Lipinski definition) is 3. The molecule has 2 atom stereocenters. The third kappa shape index (κ3) is 2.37. The predicted molar refractivity (Wildman–Crippen MR) is 58.0 cm³/mol. The van der Waals surface area contributed by atoms with Gasteiger partial charge >= 0.3 is 0 Å². The van der Waals surface area contributed by atoms with Crippen LogP contribution in [0.3, 0.4) is 0 Å². The molecule has 0 spiro atoms. The van der Waals surface area contributed by atoms with Crippen LogP contribution in [0.4, 0.5) is 13.2 Å². The summed E-state index contributed by atoms with van der Waals surface area (Å²) in [5.41, 5.74) is -0.406. The van der Waals surface area contributed by atoms with Gasteiger partial charge in [0.25, 0.3) is 0 Å². The SMILES string of the molecule is O=S1(=O)CCC(C(O)c2ccc(F)c(F)c2F)C1. The molecule has 100 valence electrons. The van der Waals surface area contributed by atoms with Crippen molar-refractivity contribution >= 4 is 9.84 Å². The van der Waals surface area contributed by atoms with Crippen LogP contribution in [0, 0.1) is 23.4 Å². The molecule has 1 aromatic rings. The Balaban J connectivity index is 2.30. The van der Waals surface area contributed by atoms with E-state index in [1.165, 1.54) is 0 Å². The van der Waals surface area contributed by atoms with Gasteiger partial charge in [-0.2, -0.15) is 0 Å². The van der Waals surface area contributed by atoms with E-state index in [4.69, 9.17) is 0 Å². The first-order valence-corrected chi connectivity index (χ1v) is 7.16. The lowest BCUT2D eigenvalue weighted by Crippen LogP contribution is -2.16. The first-order chi connectivity index (χ1) is 8.32. The van der Waals surface area contributed by atoms with E-state index in [1.807, 2.05) is 0 Å². The minimum Gasteiger partial charge on any atom is -0.388 e. The van der Waals surface area contributed by atoms with Gasteiger partial charge in [0, 0.05) is 11.5 Å². The maximum Gasteiger partial charge on any atom is 0.194 e. The number of hydrogen-bond donors (Lipinski definition) is 1. The van der Waals surface area contributed by atoms with Gasteiger partial charge in [-0.3, -0.25) is 0 Å². The molecule has 2 unspecified atom stereocenters. The Kier molecular flexibility index (Phi) is 3.37. The van der Waals surface area contributed by atoms with Crippen molar-refractivity contribution in [2.45, 2.75) is 12.5 Å². The second-order valence-corrected chi connectivity index (χ2v) is 6.60. The summed E-state index contributed by atoms with van der Waals surface area (Å²) in [4.78, 5) is 0. The van der Waals surface area contributed by atoms with E-state index in [2.05, 4.69) is 0 Å². The fourth-order valence-electron chi connectivity index (χ4n) is 2.10. The lowest BCUT2D eigenvalue weighted by molar-refractivity contribution is 0.116. The van der Waals surface area contributed by atoms with Gasteiger partial charge in [0.15, 0.2) is 27.3 Å². The average Bonchev–Trinajstić information content (AvgIpc) is 2.66. The van der Waals surface area contributed by atoms with Crippen LogP contribution in [0.5, 0.6) is 0 Å². The maximum atomic E-state index is 13.4. The molecular weight excluding hydrogens is 269 g/mol. The molecule has 7 heteroatoms. The summed E-state index contributed by atoms with van der Waals surface area (Å²) in [6.07, 6.45) is -1.26. The zero-order chi connectivity index (χ0) is 13.5. The highest BCUT2D eigenvalue weighted by Gasteiger charge is 2.35. The predicted octanol–water partition coefficient (Wildman–Crippen LogP) is 1.57. The highest BCUT2D eigenvalue weighted by atomic mass is 32.2. The molecule has 0 amide bonds. The van der Waals surface area contributed by atoms with Gasteiger partial charge in [-0.1, -0.05) is 6.07 Å². The van der Waals surface area contributed by atoms with E-state index < -0.39 is 44.9 Å². The summed E-state index contributed by atoms with van der Waals surface area (Å²) in [7, 11) is -3.23. The van der Waals surface area contributed by atoms with Crippen molar-refractivity contribution in [3.05, 3.63) is 35.1 Å². The molecule has 3 nitrogen and oxygen atoms in total. The molecule has 1 aliphatic rings. The third-order valence-electron chi connectivity index (χ3n) is 3.10. The summed E-state index contributed by atoms with van der Waals surface area (Å²) < 4.78 is 61.7. The van der Waals surface area contributed by atoms with E-state index in [9.17, 15) is 26.7 Å². The third-order valence-corrected chi connectivity index (χ3v) is 4.89. The molecule has 1 fully saturated rings. The number of aliphatic hydroxyl groups is 1. The van der Waals surface area contributed by atoms with Crippen LogP contribution < -0.4 is 0 Å². The van der Waals surface area contributed by atoms with Gasteiger partial charge in [0.05, 0.1) is 17.6 Å². The van der Waals surface area contributed by atoms with Gasteiger partial charge < -0.3 is 5.11 Å². The molecule has 1 N–H and O–H groups in total. The van der Waals surface area contributed by atoms with Crippen molar-refractivity contribution < 1.29 is 26.7 Å². The van der Waals surface area contributed by atoms with Gasteiger partial charge in [-0.05, 0) is 12.5 Å². The van der Waals surface area contributed by atoms with Gasteiger partial charge in [-0.25, -0.2) is 21.6 Å². The number of sulfone groups is 1. The highest BCUT2D eigenvalue weighted by Crippen LogP contribution is 2.33. The van der Waals surface area contributed by atoms with Crippen molar-refractivity contribution in [2.24, 2.45) is 5.92 Å². The quantitative estimate of drug-likeness (QED) is 0.837. The monoisotopic (exact) mass is 280 g/mol. The molecule has 0 aromatic heterocycles. The molecule has 18 heavy (non-hydrogen) atoms. The zero-order valence-electron chi connectivity index (χ0n) is 9.24. The molecular formula is C11H11F3O3S. The second-order valence-electron chi connectivity index (χ2n) is 4.37. The zero-order valence-corrected chi connectivity index (χ0v) is 10.1. The maximum absolute atomic E-state index is 13.4. The second kappa shape index (κ2) is 4.55. The lowest BCUT2D eigenvalue weighted by Gasteiger charge is -2.17. The fourth-order valence-corrected chi connectivity index (χ4v) is 3.93. The summed E-state index contributed by atoms with van der Waals surface area (Å²) in [5, 5.41) is 9.86. The van der Waals surface area contributed by atoms with Crippen molar-refractivity contribution in [3.8, 4) is 0 Å². The van der Waals surface area contributed by atoms with Crippen molar-refractivity contribution in [3.63, 3.8) is 0 Å². The first kappa shape index (κ1) is 13.4. The highest BCUT2D eigenvalue weighted by molar-refractivity contribution is 7.91. The number of benzene rings is 1. The van der Waals surface area contributed by atoms with E-state index in [0.29, 0.717) is 6.07 Å². The van der Waals surface area contributed by atoms with Crippen LogP contribution >= 0.6 is 0 Å². The van der Waals surface area contributed by atoms with Crippen LogP contribution in [0.15, 0.2) is 12.1 Å². The Bertz CT molecular complexity index is 571. The molecule has 1 heterocycles. The molecule has 1 saturated heterocycles. The van der Waals surface area contributed by atoms with Gasteiger partial charge in [-0.15, -0.1) is 0 Å². The Morgan fingerprint density at radius 2 is 1.89 bits per heavy atom. The minimum absolute atomic E-state index is 0.0833. The topological polar surface area (TPSA) is 54.4 Å². The van der Waals surface area contributed by atoms with Crippen LogP contribution in [-0.4, -0.2) is 25.0 Å². The van der Waals surface area contributed by atoms with Crippen molar-refractivity contribution in [1.82, 2.24) is 0 Å². The molecule has 1 aliphatic heterocycles. The molecule has 0 aliphatic carbocycles. The van der Waals surface area contributed by atoms with Crippen LogP contribution in [0.2, 0.25) is 0 Å². The van der Waals surface area contributed by atoms with Crippen LogP contribution in [0.1, 0.15) is 18.1 Å². The molecule has 1 aromatic carbocycles. The standard InChI is InChI=1S/C11H11F3O3S/c12-8-2-1-7(9(13)10(8)14)11(15)6-3-4-18(16,17)5-6/h1-2,6,11,15H,3-5H2. The summed E-state index contributed by atoms with van der Waals surface area (Å²) in [6.45, 7) is 0. The Morgan fingerprint density at radius 3 is 2.44 bits per heavy atom. The summed E-state index contributed by atoms with van der Waals surface area (Å²) in [5.74, 6) is -5.51. The summed E-state index contributed by atoms with van der Waals surface area (Å²) >= 11 is 0. The molecule has 0 saturated carbocycles. The number of rotatable bonds is 2. The molecule has 2 rings (SSSR count). The first-order valence-electron chi connectivity index (χ1n) is 5.34. The number of aliphatic hydroxyl groups excluding tert-OH is 1. The lowest BCUT2D eigenvalue weighted by atomic mass is 9.95. The fraction of sp³-hybridized carbons (Fsp3) is 0.455. The van der Waals surface area contributed by atoms with Crippen molar-refractivity contribution in [1.29, 1.82) is 0 Å². The molecule has 0 radical (unpaired) electrons. The summed E-state index contributed by atoms with van der Waals surface area (Å²) in [6, 6.07) is 1.64. The van der Waals surface area contributed by atoms with Crippen LogP contribution in [-0.2, 0) is 9.84 Å². The van der Waals surface area contributed by atoms with E-state index in [-0.39, 0.29) is 17.9 Å². The smallest absolute Gasteiger partial charge is 0.194 e. The van der Waals surface area contributed by atoms with E-state index >= 15 is 0 Å².